The molecule has 0 radical (unpaired) electrons. The first-order chi connectivity index (χ1) is 20.0. The second-order valence-electron chi connectivity index (χ2n) is 10.1. The highest BCUT2D eigenvalue weighted by molar-refractivity contribution is 6.35. The molecule has 2 aromatic heterocycles. The van der Waals surface area contributed by atoms with Crippen molar-refractivity contribution in [2.75, 3.05) is 17.3 Å². The molecule has 1 saturated carbocycles. The molecule has 0 amide bonds. The number of nitrogens with one attached hydrogen (secondary N) is 2. The largest absolute Gasteiger partial charge is 0.376 e. The van der Waals surface area contributed by atoms with Crippen molar-refractivity contribution in [3.05, 3.63) is 112 Å². The molecule has 2 atom stereocenters. The van der Waals surface area contributed by atoms with Crippen LogP contribution in [0, 0.1) is 17.1 Å². The maximum absolute atomic E-state index is 13.8. The van der Waals surface area contributed by atoms with Gasteiger partial charge in [0.2, 0.25) is 0 Å². The molecule has 2 N–H and O–H groups in total. The monoisotopic (exact) mass is 569 g/mol. The van der Waals surface area contributed by atoms with Gasteiger partial charge < -0.3 is 10.6 Å². The van der Waals surface area contributed by atoms with Gasteiger partial charge in [-0.15, -0.1) is 5.10 Å². The predicted molar refractivity (Wildman–Crippen MR) is 155 cm³/mol. The molecule has 41 heavy (non-hydrogen) atoms. The van der Waals surface area contributed by atoms with E-state index in [0.717, 1.165) is 24.0 Å². The van der Waals surface area contributed by atoms with Crippen LogP contribution >= 0.6 is 11.6 Å². The molecule has 0 unspecified atom stereocenters. The lowest BCUT2D eigenvalue weighted by Crippen LogP contribution is -2.14. The smallest absolute Gasteiger partial charge is 0.123 e. The first-order valence-electron chi connectivity index (χ1n) is 13.4. The van der Waals surface area contributed by atoms with E-state index in [-0.39, 0.29) is 18.3 Å². The number of halogens is 3. The lowest BCUT2D eigenvalue weighted by atomic mass is 10.0. The molecule has 1 aliphatic carbocycles. The van der Waals surface area contributed by atoms with Crippen LogP contribution in [0.2, 0.25) is 5.02 Å². The molecule has 0 spiro atoms. The van der Waals surface area contributed by atoms with Crippen molar-refractivity contribution in [3.63, 3.8) is 0 Å². The molecule has 0 bridgehead atoms. The fourth-order valence-electron chi connectivity index (χ4n) is 4.96. The highest BCUT2D eigenvalue weighted by Crippen LogP contribution is 2.38. The highest BCUT2D eigenvalue weighted by Gasteiger charge is 2.27. The van der Waals surface area contributed by atoms with E-state index in [4.69, 9.17) is 11.6 Å². The van der Waals surface area contributed by atoms with Gasteiger partial charge in [0.15, 0.2) is 0 Å². The number of rotatable bonds is 10. The summed E-state index contributed by atoms with van der Waals surface area (Å²) in [4.78, 5) is 4.45. The lowest BCUT2D eigenvalue weighted by Gasteiger charge is -2.23. The minimum absolute atomic E-state index is 0.216. The molecule has 1 fully saturated rings. The van der Waals surface area contributed by atoms with Crippen LogP contribution in [0.3, 0.4) is 0 Å². The van der Waals surface area contributed by atoms with Gasteiger partial charge in [-0.1, -0.05) is 59.3 Å². The summed E-state index contributed by atoms with van der Waals surface area (Å²) in [5, 5.41) is 26.5. The van der Waals surface area contributed by atoms with Gasteiger partial charge in [0.05, 0.1) is 52.8 Å². The lowest BCUT2D eigenvalue weighted by molar-refractivity contribution is 0.451. The average molecular weight is 570 g/mol. The number of hydrogen-bond acceptors (Lipinski definition) is 6. The third-order valence-electron chi connectivity index (χ3n) is 7.22. The van der Waals surface area contributed by atoms with E-state index in [0.29, 0.717) is 44.6 Å². The van der Waals surface area contributed by atoms with Crippen molar-refractivity contribution in [3.8, 4) is 6.07 Å². The summed E-state index contributed by atoms with van der Waals surface area (Å²) in [5.74, 6) is -0.338. The van der Waals surface area contributed by atoms with Gasteiger partial charge in [0, 0.05) is 23.7 Å². The van der Waals surface area contributed by atoms with E-state index >= 15 is 0 Å². The second kappa shape index (κ2) is 11.5. The Kier molecular flexibility index (Phi) is 7.49. The van der Waals surface area contributed by atoms with E-state index in [2.05, 4.69) is 32.0 Å². The van der Waals surface area contributed by atoms with Crippen molar-refractivity contribution in [2.24, 2.45) is 0 Å². The van der Waals surface area contributed by atoms with Crippen molar-refractivity contribution >= 4 is 33.9 Å². The molecular formula is C31H26ClF2N7. The Balaban J connectivity index is 1.42. The zero-order chi connectivity index (χ0) is 28.3. The van der Waals surface area contributed by atoms with Crippen LogP contribution in [0.1, 0.15) is 59.8 Å². The summed E-state index contributed by atoms with van der Waals surface area (Å²) in [6.45, 7) is -0.536. The van der Waals surface area contributed by atoms with E-state index in [1.54, 1.807) is 18.2 Å². The summed E-state index contributed by atoms with van der Waals surface area (Å²) in [7, 11) is 0. The molecular weight excluding hydrogens is 544 g/mol. The van der Waals surface area contributed by atoms with Crippen LogP contribution in [-0.2, 0) is 0 Å². The number of fused-ring (bicyclic) bond motifs is 1. The van der Waals surface area contributed by atoms with Gasteiger partial charge in [-0.25, -0.2) is 9.07 Å². The second-order valence-corrected chi connectivity index (χ2v) is 10.5. The number of anilines is 2. The van der Waals surface area contributed by atoms with E-state index in [9.17, 15) is 14.0 Å². The minimum atomic E-state index is -0.536. The third kappa shape index (κ3) is 5.70. The zero-order valence-electron chi connectivity index (χ0n) is 21.9. The SMILES string of the molecule is N#Cc1cnc2c(Cl)cc(N[C@@H](c3ccc(F)cc3)c3cn(C4CC4)nn3)cc2c1N[C@H](CCF)c1ccccc1. The van der Waals surface area contributed by atoms with E-state index in [1.807, 2.05) is 47.3 Å². The summed E-state index contributed by atoms with van der Waals surface area (Å²) in [5.41, 5.74) is 4.34. The van der Waals surface area contributed by atoms with Crippen LogP contribution < -0.4 is 10.6 Å². The Hall–Kier alpha value is -4.55. The first kappa shape index (κ1) is 26.7. The number of aromatic nitrogens is 4. The summed E-state index contributed by atoms with van der Waals surface area (Å²) in [6, 6.07) is 21.1. The van der Waals surface area contributed by atoms with Crippen LogP contribution in [0.15, 0.2) is 79.1 Å². The van der Waals surface area contributed by atoms with Crippen LogP contribution in [0.5, 0.6) is 0 Å². The molecule has 2 heterocycles. The maximum atomic E-state index is 13.8. The summed E-state index contributed by atoms with van der Waals surface area (Å²) in [6.07, 6.45) is 5.72. The van der Waals surface area contributed by atoms with Crippen LogP contribution in [0.25, 0.3) is 10.9 Å². The summed E-state index contributed by atoms with van der Waals surface area (Å²) < 4.78 is 29.3. The minimum Gasteiger partial charge on any atom is -0.376 e. The highest BCUT2D eigenvalue weighted by atomic mass is 35.5. The zero-order valence-corrected chi connectivity index (χ0v) is 22.7. The molecule has 6 rings (SSSR count). The Morgan fingerprint density at radius 1 is 1.05 bits per heavy atom. The van der Waals surface area contributed by atoms with Crippen molar-refractivity contribution in [2.45, 2.75) is 37.4 Å². The number of nitrogens with zero attached hydrogens (tertiary/aromatic N) is 5. The van der Waals surface area contributed by atoms with E-state index in [1.165, 1.54) is 18.3 Å². The Morgan fingerprint density at radius 3 is 2.54 bits per heavy atom. The fraction of sp³-hybridized carbons (Fsp3) is 0.226. The normalized spacial score (nSPS) is 14.4. The van der Waals surface area contributed by atoms with Crippen molar-refractivity contribution < 1.29 is 8.78 Å². The van der Waals surface area contributed by atoms with Gasteiger partial charge in [-0.2, -0.15) is 5.26 Å². The van der Waals surface area contributed by atoms with Gasteiger partial charge >= 0.3 is 0 Å². The molecule has 1 aliphatic rings. The van der Waals surface area contributed by atoms with Gasteiger partial charge in [0.1, 0.15) is 17.6 Å². The standard InChI is InChI=1S/C31H26ClF2N7/c32-26-15-23(37-30(20-6-8-22(34)9-7-20)28-18-41(40-39-28)24-10-11-24)14-25-29(21(16-35)17-36-31(25)26)38-27(12-13-33)19-4-2-1-3-5-19/h1-9,14-15,17-18,24,27,30,37H,10-13H2,(H,36,38)/t27-,30+/m1/s1. The van der Waals surface area contributed by atoms with Gasteiger partial charge in [0.25, 0.3) is 0 Å². The summed E-state index contributed by atoms with van der Waals surface area (Å²) >= 11 is 6.74. The Morgan fingerprint density at radius 2 is 1.83 bits per heavy atom. The van der Waals surface area contributed by atoms with E-state index < -0.39 is 12.7 Å². The fourth-order valence-corrected chi connectivity index (χ4v) is 5.23. The van der Waals surface area contributed by atoms with Gasteiger partial charge in [-0.05, 0) is 48.2 Å². The first-order valence-corrected chi connectivity index (χ1v) is 13.8. The number of alkyl halides is 1. The molecule has 0 saturated heterocycles. The van der Waals surface area contributed by atoms with Gasteiger partial charge in [-0.3, -0.25) is 9.37 Å². The number of hydrogen-bond donors (Lipinski definition) is 2. The van der Waals surface area contributed by atoms with Crippen LogP contribution in [0.4, 0.5) is 20.2 Å². The Bertz CT molecular complexity index is 1710. The molecule has 10 heteroatoms. The molecule has 206 valence electrons. The number of nitriles is 1. The topological polar surface area (TPSA) is 91.5 Å². The van der Waals surface area contributed by atoms with Crippen molar-refractivity contribution in [1.82, 2.24) is 20.0 Å². The number of benzene rings is 3. The molecule has 5 aromatic rings. The molecule has 3 aromatic carbocycles. The van der Waals surface area contributed by atoms with Crippen LogP contribution in [-0.4, -0.2) is 26.7 Å². The molecule has 0 aliphatic heterocycles. The quantitative estimate of drug-likeness (QED) is 0.180. The third-order valence-corrected chi connectivity index (χ3v) is 7.51. The molecule has 7 nitrogen and oxygen atoms in total. The average Bonchev–Trinajstić information content (AvgIpc) is 3.73. The maximum Gasteiger partial charge on any atom is 0.123 e. The number of pyridine rings is 1. The Labute approximate surface area is 240 Å². The van der Waals surface area contributed by atoms with Crippen molar-refractivity contribution in [1.29, 1.82) is 5.26 Å². The predicted octanol–water partition coefficient (Wildman–Crippen LogP) is 7.54.